The van der Waals surface area contributed by atoms with E-state index >= 15 is 0 Å². The van der Waals surface area contributed by atoms with E-state index in [0.29, 0.717) is 16.4 Å². The van der Waals surface area contributed by atoms with Crippen molar-refractivity contribution in [3.05, 3.63) is 35.5 Å². The van der Waals surface area contributed by atoms with Gasteiger partial charge in [-0.2, -0.15) is 0 Å². The summed E-state index contributed by atoms with van der Waals surface area (Å²) in [7, 11) is 1.60. The second kappa shape index (κ2) is 3.94. The zero-order valence-electron chi connectivity index (χ0n) is 8.60. The highest BCUT2D eigenvalue weighted by molar-refractivity contribution is 7.80. The predicted octanol–water partition coefficient (Wildman–Crippen LogP) is 1.08. The molecule has 1 heterocycles. The SMILES string of the molecule is CN1C(=O)C(=Cc2ccccc2O)NC1=S. The topological polar surface area (TPSA) is 52.6 Å². The quantitative estimate of drug-likeness (QED) is 0.564. The molecule has 1 saturated heterocycles. The summed E-state index contributed by atoms with van der Waals surface area (Å²) < 4.78 is 0. The summed E-state index contributed by atoms with van der Waals surface area (Å²) in [6.07, 6.45) is 1.58. The maximum Gasteiger partial charge on any atom is 0.276 e. The number of phenolic OH excluding ortho intramolecular Hbond substituents is 1. The Bertz CT molecular complexity index is 497. The second-order valence-corrected chi connectivity index (χ2v) is 3.80. The average molecular weight is 234 g/mol. The Hall–Kier alpha value is -1.88. The highest BCUT2D eigenvalue weighted by Crippen LogP contribution is 2.20. The first-order valence-electron chi connectivity index (χ1n) is 4.68. The summed E-state index contributed by atoms with van der Waals surface area (Å²) in [5.41, 5.74) is 0.949. The maximum atomic E-state index is 11.7. The molecule has 0 saturated carbocycles. The zero-order valence-corrected chi connectivity index (χ0v) is 9.41. The van der Waals surface area contributed by atoms with Gasteiger partial charge in [-0.15, -0.1) is 0 Å². The molecule has 5 heteroatoms. The van der Waals surface area contributed by atoms with Gasteiger partial charge in [-0.05, 0) is 24.4 Å². The van der Waals surface area contributed by atoms with Crippen molar-refractivity contribution < 1.29 is 9.90 Å². The standard InChI is InChI=1S/C11H10N2O2S/c1-13-10(15)8(12-11(13)16)6-7-4-2-3-5-9(7)14/h2-6,14H,1H3,(H,12,16). The third kappa shape index (κ3) is 1.77. The summed E-state index contributed by atoms with van der Waals surface area (Å²) in [5.74, 6) is -0.0710. The lowest BCUT2D eigenvalue weighted by molar-refractivity contribution is -0.121. The zero-order chi connectivity index (χ0) is 11.7. The van der Waals surface area contributed by atoms with Crippen LogP contribution in [0.1, 0.15) is 5.56 Å². The van der Waals surface area contributed by atoms with E-state index in [2.05, 4.69) is 5.32 Å². The van der Waals surface area contributed by atoms with Crippen LogP contribution < -0.4 is 5.32 Å². The first kappa shape index (κ1) is 10.6. The maximum absolute atomic E-state index is 11.7. The molecule has 4 nitrogen and oxygen atoms in total. The van der Waals surface area contributed by atoms with Crippen molar-refractivity contribution in [1.29, 1.82) is 0 Å². The first-order chi connectivity index (χ1) is 7.59. The van der Waals surface area contributed by atoms with E-state index < -0.39 is 0 Å². The van der Waals surface area contributed by atoms with Gasteiger partial charge in [0.25, 0.3) is 5.91 Å². The van der Waals surface area contributed by atoms with Crippen LogP contribution in [0, 0.1) is 0 Å². The molecule has 0 unspecified atom stereocenters. The van der Waals surface area contributed by atoms with Crippen molar-refractivity contribution in [2.45, 2.75) is 0 Å². The molecule has 0 aromatic heterocycles. The number of carbonyl (C=O) groups is 1. The minimum absolute atomic E-state index is 0.130. The number of aromatic hydroxyl groups is 1. The minimum Gasteiger partial charge on any atom is -0.507 e. The number of thiocarbonyl (C=S) groups is 1. The van der Waals surface area contributed by atoms with Gasteiger partial charge in [0, 0.05) is 12.6 Å². The molecule has 0 aliphatic carbocycles. The Morgan fingerprint density at radius 2 is 2.12 bits per heavy atom. The van der Waals surface area contributed by atoms with Crippen LogP contribution in [0.4, 0.5) is 0 Å². The largest absolute Gasteiger partial charge is 0.507 e. The number of carbonyl (C=O) groups excluding carboxylic acids is 1. The number of para-hydroxylation sites is 1. The highest BCUT2D eigenvalue weighted by atomic mass is 32.1. The van der Waals surface area contributed by atoms with Crippen molar-refractivity contribution in [3.8, 4) is 5.75 Å². The van der Waals surface area contributed by atoms with Gasteiger partial charge in [-0.1, -0.05) is 18.2 Å². The van der Waals surface area contributed by atoms with Crippen LogP contribution in [-0.2, 0) is 4.79 Å². The number of likely N-dealkylation sites (N-methyl/N-ethyl adjacent to an activating group) is 1. The molecule has 1 amide bonds. The Morgan fingerprint density at radius 3 is 2.69 bits per heavy atom. The van der Waals surface area contributed by atoms with Crippen LogP contribution in [0.5, 0.6) is 5.75 Å². The van der Waals surface area contributed by atoms with Gasteiger partial charge in [-0.3, -0.25) is 9.69 Å². The number of nitrogens with one attached hydrogen (secondary N) is 1. The molecule has 0 atom stereocenters. The molecule has 2 rings (SSSR count). The first-order valence-corrected chi connectivity index (χ1v) is 5.09. The van der Waals surface area contributed by atoms with Crippen LogP contribution in [0.2, 0.25) is 0 Å². The van der Waals surface area contributed by atoms with Gasteiger partial charge in [0.1, 0.15) is 11.4 Å². The lowest BCUT2D eigenvalue weighted by Gasteiger charge is -2.02. The molecule has 1 aliphatic rings. The molecule has 82 valence electrons. The lowest BCUT2D eigenvalue weighted by atomic mass is 10.1. The molecule has 1 aromatic rings. The number of amides is 1. The van der Waals surface area contributed by atoms with E-state index in [0.717, 1.165) is 0 Å². The van der Waals surface area contributed by atoms with E-state index in [4.69, 9.17) is 12.2 Å². The summed E-state index contributed by atoms with van der Waals surface area (Å²) in [6, 6.07) is 6.79. The fraction of sp³-hybridized carbons (Fsp3) is 0.0909. The van der Waals surface area contributed by atoms with Crippen molar-refractivity contribution in [1.82, 2.24) is 10.2 Å². The Balaban J connectivity index is 2.37. The molecule has 1 aliphatic heterocycles. The molecular weight excluding hydrogens is 224 g/mol. The van der Waals surface area contributed by atoms with Gasteiger partial charge in [0.05, 0.1) is 0 Å². The molecule has 2 N–H and O–H groups in total. The van der Waals surface area contributed by atoms with Gasteiger partial charge >= 0.3 is 0 Å². The fourth-order valence-electron chi connectivity index (χ4n) is 1.39. The highest BCUT2D eigenvalue weighted by Gasteiger charge is 2.27. The van der Waals surface area contributed by atoms with E-state index in [1.165, 1.54) is 4.90 Å². The third-order valence-electron chi connectivity index (χ3n) is 2.32. The molecule has 0 radical (unpaired) electrons. The summed E-state index contributed by atoms with van der Waals surface area (Å²) >= 11 is 4.94. The number of hydrogen-bond acceptors (Lipinski definition) is 3. The Morgan fingerprint density at radius 1 is 1.44 bits per heavy atom. The normalized spacial score (nSPS) is 18.1. The number of benzene rings is 1. The van der Waals surface area contributed by atoms with Gasteiger partial charge < -0.3 is 10.4 Å². The van der Waals surface area contributed by atoms with Crippen molar-refractivity contribution in [2.24, 2.45) is 0 Å². The van der Waals surface area contributed by atoms with Crippen LogP contribution in [0.25, 0.3) is 6.08 Å². The van der Waals surface area contributed by atoms with Crippen LogP contribution >= 0.6 is 12.2 Å². The fourth-order valence-corrected chi connectivity index (χ4v) is 1.58. The van der Waals surface area contributed by atoms with E-state index in [-0.39, 0.29) is 11.7 Å². The molecule has 0 bridgehead atoms. The van der Waals surface area contributed by atoms with Gasteiger partial charge in [0.2, 0.25) is 0 Å². The summed E-state index contributed by atoms with van der Waals surface area (Å²) in [6.45, 7) is 0. The monoisotopic (exact) mass is 234 g/mol. The van der Waals surface area contributed by atoms with Crippen molar-refractivity contribution >= 4 is 29.3 Å². The second-order valence-electron chi connectivity index (χ2n) is 3.41. The van der Waals surface area contributed by atoms with Crippen molar-refractivity contribution in [2.75, 3.05) is 7.05 Å². The van der Waals surface area contributed by atoms with E-state index in [1.807, 2.05) is 0 Å². The molecule has 0 spiro atoms. The van der Waals surface area contributed by atoms with Gasteiger partial charge in [-0.25, -0.2) is 0 Å². The average Bonchev–Trinajstić information content (AvgIpc) is 2.50. The number of nitrogens with zero attached hydrogens (tertiary/aromatic N) is 1. The summed E-state index contributed by atoms with van der Waals surface area (Å²) in [5, 5.41) is 12.7. The van der Waals surface area contributed by atoms with Crippen LogP contribution in [-0.4, -0.2) is 28.1 Å². The molecule has 1 aromatic carbocycles. The van der Waals surface area contributed by atoms with E-state index in [1.54, 1.807) is 37.4 Å². The van der Waals surface area contributed by atoms with Crippen LogP contribution in [0.3, 0.4) is 0 Å². The minimum atomic E-state index is -0.201. The Labute approximate surface area is 98.2 Å². The smallest absolute Gasteiger partial charge is 0.276 e. The molecule has 16 heavy (non-hydrogen) atoms. The van der Waals surface area contributed by atoms with Crippen LogP contribution in [0.15, 0.2) is 30.0 Å². The third-order valence-corrected chi connectivity index (χ3v) is 2.69. The van der Waals surface area contributed by atoms with E-state index in [9.17, 15) is 9.90 Å². The number of hydrogen-bond donors (Lipinski definition) is 2. The number of rotatable bonds is 1. The van der Waals surface area contributed by atoms with Crippen molar-refractivity contribution in [3.63, 3.8) is 0 Å². The molecular formula is C11H10N2O2S. The van der Waals surface area contributed by atoms with Gasteiger partial charge in [0.15, 0.2) is 5.11 Å². The summed E-state index contributed by atoms with van der Waals surface area (Å²) in [4.78, 5) is 13.0. The Kier molecular flexibility index (Phi) is 2.62. The molecule has 1 fully saturated rings. The predicted molar refractivity (Wildman–Crippen MR) is 64.6 cm³/mol. The lowest BCUT2D eigenvalue weighted by Crippen LogP contribution is -2.25. The number of phenols is 1.